The Morgan fingerprint density at radius 2 is 1.56 bits per heavy atom. The third-order valence-corrected chi connectivity index (χ3v) is 8.07. The van der Waals surface area contributed by atoms with Gasteiger partial charge in [0.15, 0.2) is 0 Å². The molecule has 2 aromatic carbocycles. The van der Waals surface area contributed by atoms with Gasteiger partial charge in [0.1, 0.15) is 11.5 Å². The Labute approximate surface area is 199 Å². The molecule has 0 bridgehead atoms. The second kappa shape index (κ2) is 11.0. The van der Waals surface area contributed by atoms with E-state index in [4.69, 9.17) is 9.47 Å². The molecule has 34 heavy (non-hydrogen) atoms. The summed E-state index contributed by atoms with van der Waals surface area (Å²) in [7, 11) is -0.695. The summed E-state index contributed by atoms with van der Waals surface area (Å²) in [4.78, 5) is 2.11. The number of benzene rings is 2. The normalized spacial score (nSPS) is 16.1. The van der Waals surface area contributed by atoms with Crippen LogP contribution in [0.15, 0.2) is 47.4 Å². The van der Waals surface area contributed by atoms with E-state index in [1.807, 2.05) is 25.1 Å². The number of ether oxygens (including phenoxy) is 2. The number of rotatable bonds is 9. The fourth-order valence-corrected chi connectivity index (χ4v) is 6.12. The Hall–Kier alpha value is -2.30. The molecule has 1 heterocycles. The number of piperidine rings is 1. The van der Waals surface area contributed by atoms with Crippen molar-refractivity contribution >= 4 is 10.0 Å². The number of methoxy groups -OCH3 is 2. The van der Waals surface area contributed by atoms with Crippen LogP contribution in [0.25, 0.3) is 0 Å². The zero-order valence-corrected chi connectivity index (χ0v) is 20.5. The number of hydrogen-bond donors (Lipinski definition) is 0. The predicted octanol–water partition coefficient (Wildman–Crippen LogP) is 4.79. The second-order valence-electron chi connectivity index (χ2n) is 8.29. The molecular formula is C24H31F3N2O4S. The lowest BCUT2D eigenvalue weighted by atomic mass is 10.0. The number of alkyl halides is 3. The third-order valence-electron chi connectivity index (χ3n) is 6.11. The van der Waals surface area contributed by atoms with E-state index in [-0.39, 0.29) is 10.9 Å². The number of hydrogen-bond acceptors (Lipinski definition) is 5. The molecule has 1 saturated heterocycles. The first kappa shape index (κ1) is 26.3. The Morgan fingerprint density at radius 3 is 2.03 bits per heavy atom. The van der Waals surface area contributed by atoms with E-state index in [9.17, 15) is 21.6 Å². The average Bonchev–Trinajstić information content (AvgIpc) is 2.82. The van der Waals surface area contributed by atoms with Crippen LogP contribution in [0.4, 0.5) is 13.2 Å². The molecule has 0 radical (unpaired) electrons. The molecule has 0 amide bonds. The minimum Gasteiger partial charge on any atom is -0.496 e. The molecule has 6 nitrogen and oxygen atoms in total. The lowest BCUT2D eigenvalue weighted by Gasteiger charge is -2.38. The molecule has 0 unspecified atom stereocenters. The van der Waals surface area contributed by atoms with E-state index in [2.05, 4.69) is 4.90 Å². The van der Waals surface area contributed by atoms with Crippen LogP contribution in [-0.4, -0.2) is 57.5 Å². The summed E-state index contributed by atoms with van der Waals surface area (Å²) in [5.41, 5.74) is 0.0716. The Balaban J connectivity index is 1.73. The van der Waals surface area contributed by atoms with E-state index in [0.717, 1.165) is 41.3 Å². The van der Waals surface area contributed by atoms with Gasteiger partial charge in [0.05, 0.1) is 30.2 Å². The number of likely N-dealkylation sites (tertiary alicyclic amines) is 1. The molecule has 188 valence electrons. The van der Waals surface area contributed by atoms with Crippen molar-refractivity contribution in [2.45, 2.75) is 49.8 Å². The molecule has 3 rings (SSSR count). The van der Waals surface area contributed by atoms with Gasteiger partial charge in [-0.3, -0.25) is 4.90 Å². The molecule has 1 fully saturated rings. The molecule has 0 N–H and O–H groups in total. The monoisotopic (exact) mass is 500 g/mol. The minimum atomic E-state index is -4.51. The van der Waals surface area contributed by atoms with Crippen molar-refractivity contribution < 1.29 is 31.1 Å². The number of sulfonamides is 1. The SMILES string of the molecule is CCCN(C1CCN(Cc2c(OC)cccc2OC)CC1)S(=O)(=O)c1ccc(C(F)(F)F)cc1. The fraction of sp³-hybridized carbons (Fsp3) is 0.500. The summed E-state index contributed by atoms with van der Waals surface area (Å²) < 4.78 is 77.7. The van der Waals surface area contributed by atoms with Gasteiger partial charge in [-0.25, -0.2) is 8.42 Å². The number of nitrogens with zero attached hydrogens (tertiary/aromatic N) is 2. The molecule has 0 saturated carbocycles. The molecule has 1 aliphatic heterocycles. The lowest BCUT2D eigenvalue weighted by Crippen LogP contribution is -2.47. The van der Waals surface area contributed by atoms with Crippen LogP contribution < -0.4 is 9.47 Å². The molecule has 0 spiro atoms. The second-order valence-corrected chi connectivity index (χ2v) is 10.2. The molecular weight excluding hydrogens is 469 g/mol. The van der Waals surface area contributed by atoms with Crippen LogP contribution in [-0.2, 0) is 22.7 Å². The maximum atomic E-state index is 13.3. The highest BCUT2D eigenvalue weighted by atomic mass is 32.2. The first-order valence-corrected chi connectivity index (χ1v) is 12.7. The van der Waals surface area contributed by atoms with E-state index in [1.54, 1.807) is 14.2 Å². The maximum absolute atomic E-state index is 13.3. The van der Waals surface area contributed by atoms with Gasteiger partial charge < -0.3 is 9.47 Å². The van der Waals surface area contributed by atoms with Gasteiger partial charge in [0, 0.05) is 32.2 Å². The largest absolute Gasteiger partial charge is 0.496 e. The van der Waals surface area contributed by atoms with Gasteiger partial charge in [0.25, 0.3) is 0 Å². The highest BCUT2D eigenvalue weighted by Crippen LogP contribution is 2.33. The van der Waals surface area contributed by atoms with Crippen molar-refractivity contribution in [3.05, 3.63) is 53.6 Å². The fourth-order valence-electron chi connectivity index (χ4n) is 4.34. The van der Waals surface area contributed by atoms with Gasteiger partial charge in [-0.15, -0.1) is 0 Å². The zero-order valence-electron chi connectivity index (χ0n) is 19.6. The minimum absolute atomic E-state index is 0.116. The van der Waals surface area contributed by atoms with Crippen LogP contribution in [0.2, 0.25) is 0 Å². The predicted molar refractivity (Wildman–Crippen MR) is 123 cm³/mol. The Kier molecular flexibility index (Phi) is 8.48. The zero-order chi connectivity index (χ0) is 24.9. The molecule has 0 atom stereocenters. The van der Waals surface area contributed by atoms with Crippen LogP contribution >= 0.6 is 0 Å². The molecule has 1 aliphatic rings. The first-order valence-electron chi connectivity index (χ1n) is 11.2. The van der Waals surface area contributed by atoms with E-state index in [0.29, 0.717) is 45.4 Å². The van der Waals surface area contributed by atoms with E-state index >= 15 is 0 Å². The van der Waals surface area contributed by atoms with Crippen molar-refractivity contribution in [2.75, 3.05) is 33.9 Å². The van der Waals surface area contributed by atoms with Gasteiger partial charge in [-0.2, -0.15) is 17.5 Å². The van der Waals surface area contributed by atoms with E-state index < -0.39 is 21.8 Å². The van der Waals surface area contributed by atoms with Crippen LogP contribution in [0.5, 0.6) is 11.5 Å². The lowest BCUT2D eigenvalue weighted by molar-refractivity contribution is -0.137. The summed E-state index contributed by atoms with van der Waals surface area (Å²) >= 11 is 0. The summed E-state index contributed by atoms with van der Waals surface area (Å²) in [5.74, 6) is 1.47. The topological polar surface area (TPSA) is 59.1 Å². The summed E-state index contributed by atoms with van der Waals surface area (Å²) in [6, 6.07) is 9.13. The van der Waals surface area contributed by atoms with Gasteiger partial charge in [-0.05, 0) is 55.7 Å². The molecule has 0 aromatic heterocycles. The summed E-state index contributed by atoms with van der Waals surface area (Å²) in [6.45, 7) is 4.16. The molecule has 2 aromatic rings. The van der Waals surface area contributed by atoms with Crippen molar-refractivity contribution in [2.24, 2.45) is 0 Å². The Morgan fingerprint density at radius 1 is 1.00 bits per heavy atom. The van der Waals surface area contributed by atoms with Crippen molar-refractivity contribution in [3.63, 3.8) is 0 Å². The first-order chi connectivity index (χ1) is 16.1. The highest BCUT2D eigenvalue weighted by molar-refractivity contribution is 7.89. The maximum Gasteiger partial charge on any atom is 0.416 e. The average molecular weight is 501 g/mol. The third kappa shape index (κ3) is 5.84. The van der Waals surface area contributed by atoms with Gasteiger partial charge in [0.2, 0.25) is 10.0 Å². The van der Waals surface area contributed by atoms with E-state index in [1.165, 1.54) is 4.31 Å². The van der Waals surface area contributed by atoms with Gasteiger partial charge in [-0.1, -0.05) is 13.0 Å². The highest BCUT2D eigenvalue weighted by Gasteiger charge is 2.35. The summed E-state index contributed by atoms with van der Waals surface area (Å²) in [6.07, 6.45) is -2.66. The summed E-state index contributed by atoms with van der Waals surface area (Å²) in [5, 5.41) is 0. The van der Waals surface area contributed by atoms with Gasteiger partial charge >= 0.3 is 6.18 Å². The Bertz CT molecular complexity index is 1030. The smallest absolute Gasteiger partial charge is 0.416 e. The quantitative estimate of drug-likeness (QED) is 0.496. The molecule has 10 heteroatoms. The van der Waals surface area contributed by atoms with Crippen LogP contribution in [0, 0.1) is 0 Å². The van der Waals surface area contributed by atoms with Crippen LogP contribution in [0.3, 0.4) is 0 Å². The molecule has 0 aliphatic carbocycles. The standard InChI is InChI=1S/C24H31F3N2O4S/c1-4-14-29(34(30,31)20-10-8-18(9-11-20)24(25,26)27)19-12-15-28(16-13-19)17-21-22(32-2)6-5-7-23(21)33-3/h5-11,19H,4,12-17H2,1-3H3. The van der Waals surface area contributed by atoms with Crippen molar-refractivity contribution in [1.82, 2.24) is 9.21 Å². The number of halogens is 3. The van der Waals surface area contributed by atoms with Crippen molar-refractivity contribution in [3.8, 4) is 11.5 Å². The van der Waals surface area contributed by atoms with Crippen molar-refractivity contribution in [1.29, 1.82) is 0 Å². The van der Waals surface area contributed by atoms with Crippen LogP contribution in [0.1, 0.15) is 37.3 Å².